The standard InChI is InChI=1S/C10H5F2OS/c11-7-1-2-9(12)10(5-7)13-8-3-4-14-6-8/h1-3,5-6H. The van der Waals surface area contributed by atoms with Crippen molar-refractivity contribution in [2.75, 3.05) is 0 Å². The van der Waals surface area contributed by atoms with Gasteiger partial charge in [0.1, 0.15) is 11.6 Å². The molecule has 1 heterocycles. The molecule has 0 unspecified atom stereocenters. The van der Waals surface area contributed by atoms with Crippen LogP contribution >= 0.6 is 11.3 Å². The lowest BCUT2D eigenvalue weighted by Crippen LogP contribution is -1.87. The van der Waals surface area contributed by atoms with E-state index in [2.05, 4.69) is 5.38 Å². The van der Waals surface area contributed by atoms with Crippen LogP contribution in [0.3, 0.4) is 0 Å². The molecule has 1 nitrogen and oxygen atoms in total. The third kappa shape index (κ3) is 1.90. The van der Waals surface area contributed by atoms with E-state index in [1.807, 2.05) is 0 Å². The second-order valence-corrected chi connectivity index (χ2v) is 3.28. The third-order valence-electron chi connectivity index (χ3n) is 1.57. The fraction of sp³-hybridized carbons (Fsp3) is 0. The van der Waals surface area contributed by atoms with E-state index in [0.29, 0.717) is 5.75 Å². The predicted molar refractivity (Wildman–Crippen MR) is 49.6 cm³/mol. The van der Waals surface area contributed by atoms with Crippen molar-refractivity contribution in [2.45, 2.75) is 0 Å². The molecule has 0 bridgehead atoms. The summed E-state index contributed by atoms with van der Waals surface area (Å²) in [7, 11) is 0. The van der Waals surface area contributed by atoms with Gasteiger partial charge in [0.2, 0.25) is 0 Å². The maximum atomic E-state index is 13.1. The Balaban J connectivity index is 2.28. The van der Waals surface area contributed by atoms with E-state index in [-0.39, 0.29) is 5.75 Å². The number of rotatable bonds is 2. The lowest BCUT2D eigenvalue weighted by molar-refractivity contribution is 0.438. The van der Waals surface area contributed by atoms with Crippen molar-refractivity contribution in [2.24, 2.45) is 0 Å². The molecule has 1 aromatic carbocycles. The molecule has 1 radical (unpaired) electrons. The van der Waals surface area contributed by atoms with Crippen molar-refractivity contribution in [3.05, 3.63) is 46.7 Å². The molecule has 0 saturated carbocycles. The highest BCUT2D eigenvalue weighted by Gasteiger charge is 2.06. The topological polar surface area (TPSA) is 9.23 Å². The van der Waals surface area contributed by atoms with E-state index in [1.54, 1.807) is 11.4 Å². The van der Waals surface area contributed by atoms with Gasteiger partial charge in [-0.2, -0.15) is 0 Å². The fourth-order valence-electron chi connectivity index (χ4n) is 0.954. The Morgan fingerprint density at radius 1 is 1.29 bits per heavy atom. The first-order chi connectivity index (χ1) is 6.75. The zero-order valence-electron chi connectivity index (χ0n) is 6.96. The molecule has 0 atom stereocenters. The second kappa shape index (κ2) is 3.75. The van der Waals surface area contributed by atoms with Gasteiger partial charge >= 0.3 is 0 Å². The second-order valence-electron chi connectivity index (χ2n) is 2.58. The van der Waals surface area contributed by atoms with Crippen molar-refractivity contribution in [1.82, 2.24) is 0 Å². The summed E-state index contributed by atoms with van der Waals surface area (Å²) in [6.07, 6.45) is 0. The number of hydrogen-bond acceptors (Lipinski definition) is 2. The first-order valence-corrected chi connectivity index (χ1v) is 4.71. The van der Waals surface area contributed by atoms with Gasteiger partial charge in [-0.1, -0.05) is 0 Å². The zero-order chi connectivity index (χ0) is 9.97. The largest absolute Gasteiger partial charge is 0.453 e. The van der Waals surface area contributed by atoms with Crippen molar-refractivity contribution in [3.63, 3.8) is 0 Å². The van der Waals surface area contributed by atoms with Crippen molar-refractivity contribution in [1.29, 1.82) is 0 Å². The quantitative estimate of drug-likeness (QED) is 0.737. The fourth-order valence-corrected chi connectivity index (χ4v) is 1.44. The molecular formula is C10H5F2OS. The Morgan fingerprint density at radius 2 is 2.14 bits per heavy atom. The average Bonchev–Trinajstić information content (AvgIpc) is 2.64. The minimum absolute atomic E-state index is 0.114. The normalized spacial score (nSPS) is 10.1. The Morgan fingerprint density at radius 3 is 2.86 bits per heavy atom. The van der Waals surface area contributed by atoms with Gasteiger partial charge in [-0.3, -0.25) is 0 Å². The lowest BCUT2D eigenvalue weighted by Gasteiger charge is -2.03. The van der Waals surface area contributed by atoms with E-state index >= 15 is 0 Å². The summed E-state index contributed by atoms with van der Waals surface area (Å²) < 4.78 is 30.9. The van der Waals surface area contributed by atoms with Gasteiger partial charge in [0.25, 0.3) is 0 Å². The van der Waals surface area contributed by atoms with Crippen LogP contribution in [-0.4, -0.2) is 0 Å². The lowest BCUT2D eigenvalue weighted by atomic mass is 10.3. The van der Waals surface area contributed by atoms with E-state index < -0.39 is 11.6 Å². The summed E-state index contributed by atoms with van der Waals surface area (Å²) in [5, 5.41) is 4.44. The SMILES string of the molecule is Fc1ccc(F)c(Oc2c[c]sc2)c1. The van der Waals surface area contributed by atoms with Gasteiger partial charge in [0.05, 0.1) is 0 Å². The van der Waals surface area contributed by atoms with Crippen LogP contribution in [0.25, 0.3) is 0 Å². The van der Waals surface area contributed by atoms with Crippen LogP contribution in [0, 0.1) is 17.0 Å². The van der Waals surface area contributed by atoms with E-state index in [1.165, 1.54) is 11.3 Å². The smallest absolute Gasteiger partial charge is 0.166 e. The maximum Gasteiger partial charge on any atom is 0.166 e. The first-order valence-electron chi connectivity index (χ1n) is 3.83. The molecule has 2 rings (SSSR count). The monoisotopic (exact) mass is 211 g/mol. The minimum atomic E-state index is -0.586. The van der Waals surface area contributed by atoms with E-state index in [9.17, 15) is 8.78 Å². The molecule has 0 amide bonds. The molecule has 14 heavy (non-hydrogen) atoms. The molecule has 2 aromatic rings. The number of benzene rings is 1. The Bertz CT molecular complexity index is 426. The van der Waals surface area contributed by atoms with Gasteiger partial charge in [0.15, 0.2) is 11.6 Å². The maximum absolute atomic E-state index is 13.1. The van der Waals surface area contributed by atoms with Crippen LogP contribution in [-0.2, 0) is 0 Å². The van der Waals surface area contributed by atoms with Gasteiger partial charge in [-0.15, -0.1) is 11.3 Å². The van der Waals surface area contributed by atoms with Crippen molar-refractivity contribution < 1.29 is 13.5 Å². The summed E-state index contributed by atoms with van der Waals surface area (Å²) in [4.78, 5) is 0. The van der Waals surface area contributed by atoms with Crippen LogP contribution in [0.15, 0.2) is 29.6 Å². The number of halogens is 2. The van der Waals surface area contributed by atoms with Crippen molar-refractivity contribution in [3.8, 4) is 11.5 Å². The zero-order valence-corrected chi connectivity index (χ0v) is 7.78. The molecule has 0 fully saturated rings. The van der Waals surface area contributed by atoms with Crippen LogP contribution < -0.4 is 4.74 Å². The highest BCUT2D eigenvalue weighted by atomic mass is 32.1. The summed E-state index contributed by atoms with van der Waals surface area (Å²) in [6, 6.07) is 4.64. The van der Waals surface area contributed by atoms with Gasteiger partial charge in [-0.25, -0.2) is 8.78 Å². The number of thiophene rings is 1. The van der Waals surface area contributed by atoms with Crippen LogP contribution in [0.2, 0.25) is 0 Å². The molecule has 0 N–H and O–H groups in total. The Hall–Kier alpha value is -1.42. The Labute approximate surface area is 83.6 Å². The molecule has 1 aromatic heterocycles. The molecular weight excluding hydrogens is 206 g/mol. The molecule has 0 spiro atoms. The summed E-state index contributed by atoms with van der Waals surface area (Å²) in [5.74, 6) is -0.769. The first kappa shape index (κ1) is 9.15. The van der Waals surface area contributed by atoms with E-state index in [0.717, 1.165) is 18.2 Å². The highest BCUT2D eigenvalue weighted by molar-refractivity contribution is 7.07. The summed E-state index contributed by atoms with van der Waals surface area (Å²) in [5.41, 5.74) is 0. The molecule has 0 aliphatic heterocycles. The minimum Gasteiger partial charge on any atom is -0.453 e. The summed E-state index contributed by atoms with van der Waals surface area (Å²) in [6.45, 7) is 0. The molecule has 0 saturated heterocycles. The average molecular weight is 211 g/mol. The van der Waals surface area contributed by atoms with E-state index in [4.69, 9.17) is 4.74 Å². The van der Waals surface area contributed by atoms with Crippen LogP contribution in [0.4, 0.5) is 8.78 Å². The van der Waals surface area contributed by atoms with Gasteiger partial charge in [-0.05, 0) is 12.1 Å². The Kier molecular flexibility index (Phi) is 2.45. The van der Waals surface area contributed by atoms with Crippen molar-refractivity contribution >= 4 is 11.3 Å². The molecule has 71 valence electrons. The van der Waals surface area contributed by atoms with Gasteiger partial charge in [0, 0.05) is 22.9 Å². The summed E-state index contributed by atoms with van der Waals surface area (Å²) >= 11 is 1.30. The van der Waals surface area contributed by atoms with Crippen LogP contribution in [0.1, 0.15) is 0 Å². The number of ether oxygens (including phenoxy) is 1. The molecule has 0 aliphatic rings. The highest BCUT2D eigenvalue weighted by Crippen LogP contribution is 2.26. The molecule has 0 aliphatic carbocycles. The number of hydrogen-bond donors (Lipinski definition) is 0. The third-order valence-corrected chi connectivity index (χ3v) is 2.17. The van der Waals surface area contributed by atoms with Crippen LogP contribution in [0.5, 0.6) is 11.5 Å². The molecule has 4 heteroatoms. The predicted octanol–water partition coefficient (Wildman–Crippen LogP) is 3.62. The van der Waals surface area contributed by atoms with Gasteiger partial charge < -0.3 is 4.74 Å².